The molecule has 0 saturated carbocycles. The Bertz CT molecular complexity index is 596. The summed E-state index contributed by atoms with van der Waals surface area (Å²) in [6.07, 6.45) is 1.32. The van der Waals surface area contributed by atoms with Crippen LogP contribution in [0.25, 0.3) is 5.69 Å². The van der Waals surface area contributed by atoms with E-state index < -0.39 is 5.91 Å². The minimum Gasteiger partial charge on any atom is -0.383 e. The van der Waals surface area contributed by atoms with Crippen molar-refractivity contribution in [2.75, 3.05) is 5.73 Å². The first-order chi connectivity index (χ1) is 8.00. The van der Waals surface area contributed by atoms with E-state index in [1.165, 1.54) is 10.9 Å². The normalized spacial score (nSPS) is 10.5. The summed E-state index contributed by atoms with van der Waals surface area (Å²) in [7, 11) is 0. The number of carbonyl (C=O) groups excluding carboxylic acids is 1. The van der Waals surface area contributed by atoms with Crippen LogP contribution in [0.15, 0.2) is 28.9 Å². The number of primary amides is 1. The number of carbonyl (C=O) groups is 1. The summed E-state index contributed by atoms with van der Waals surface area (Å²) in [4.78, 5) is 11.1. The molecule has 0 atom stereocenters. The van der Waals surface area contributed by atoms with E-state index in [1.54, 1.807) is 18.2 Å². The molecule has 1 heterocycles. The number of halogens is 2. The van der Waals surface area contributed by atoms with Crippen molar-refractivity contribution in [3.05, 3.63) is 39.5 Å². The summed E-state index contributed by atoms with van der Waals surface area (Å²) in [5.74, 6) is -0.438. The van der Waals surface area contributed by atoms with E-state index in [2.05, 4.69) is 21.0 Å². The van der Waals surface area contributed by atoms with Crippen molar-refractivity contribution in [1.82, 2.24) is 9.78 Å². The Hall–Kier alpha value is -1.53. The molecule has 1 aromatic heterocycles. The number of benzene rings is 1. The molecule has 0 aliphatic heterocycles. The van der Waals surface area contributed by atoms with Gasteiger partial charge in [-0.05, 0) is 34.1 Å². The Kier molecular flexibility index (Phi) is 3.08. The highest BCUT2D eigenvalue weighted by Gasteiger charge is 2.15. The first kappa shape index (κ1) is 11.9. The van der Waals surface area contributed by atoms with Crippen molar-refractivity contribution in [2.45, 2.75) is 0 Å². The average molecular weight is 316 g/mol. The summed E-state index contributed by atoms with van der Waals surface area (Å²) >= 11 is 9.25. The van der Waals surface area contributed by atoms with Crippen LogP contribution in [0.3, 0.4) is 0 Å². The van der Waals surface area contributed by atoms with E-state index in [9.17, 15) is 4.79 Å². The maximum atomic E-state index is 11.1. The van der Waals surface area contributed by atoms with E-state index in [0.29, 0.717) is 10.7 Å². The minimum absolute atomic E-state index is 0.178. The highest BCUT2D eigenvalue weighted by molar-refractivity contribution is 9.10. The number of nitrogens with zero attached hydrogens (tertiary/aromatic N) is 2. The molecule has 88 valence electrons. The third-order valence-corrected chi connectivity index (χ3v) is 3.11. The minimum atomic E-state index is -0.619. The molecule has 4 N–H and O–H groups in total. The van der Waals surface area contributed by atoms with Gasteiger partial charge in [0.1, 0.15) is 11.4 Å². The highest BCUT2D eigenvalue weighted by Crippen LogP contribution is 2.27. The molecule has 0 radical (unpaired) electrons. The van der Waals surface area contributed by atoms with E-state index in [1.807, 2.05) is 0 Å². The second-order valence-electron chi connectivity index (χ2n) is 3.32. The molecule has 0 saturated heterocycles. The monoisotopic (exact) mass is 314 g/mol. The van der Waals surface area contributed by atoms with Crippen LogP contribution < -0.4 is 11.5 Å². The predicted octanol–water partition coefficient (Wildman–Crippen LogP) is 1.97. The zero-order chi connectivity index (χ0) is 12.6. The van der Waals surface area contributed by atoms with Crippen LogP contribution in [-0.2, 0) is 0 Å². The van der Waals surface area contributed by atoms with Crippen molar-refractivity contribution in [3.8, 4) is 5.69 Å². The number of anilines is 1. The van der Waals surface area contributed by atoms with Gasteiger partial charge < -0.3 is 11.5 Å². The maximum absolute atomic E-state index is 11.1. The first-order valence-corrected chi connectivity index (χ1v) is 5.76. The predicted molar refractivity (Wildman–Crippen MR) is 69.2 cm³/mol. The quantitative estimate of drug-likeness (QED) is 0.888. The van der Waals surface area contributed by atoms with Gasteiger partial charge in [0.15, 0.2) is 0 Å². The van der Waals surface area contributed by atoms with Gasteiger partial charge in [-0.25, -0.2) is 4.68 Å². The second kappa shape index (κ2) is 4.38. The zero-order valence-electron chi connectivity index (χ0n) is 8.52. The van der Waals surface area contributed by atoms with Gasteiger partial charge in [0.25, 0.3) is 5.91 Å². The lowest BCUT2D eigenvalue weighted by atomic mass is 10.3. The topological polar surface area (TPSA) is 86.9 Å². The second-order valence-corrected chi connectivity index (χ2v) is 4.61. The van der Waals surface area contributed by atoms with Crippen molar-refractivity contribution in [2.24, 2.45) is 5.73 Å². The van der Waals surface area contributed by atoms with Crippen molar-refractivity contribution >= 4 is 39.3 Å². The molecule has 7 heteroatoms. The van der Waals surface area contributed by atoms with Gasteiger partial charge in [0, 0.05) is 9.50 Å². The number of aromatic nitrogens is 2. The molecular formula is C10H8BrClN4O. The molecule has 0 bridgehead atoms. The Balaban J connectivity index is 2.61. The first-order valence-electron chi connectivity index (χ1n) is 4.59. The Morgan fingerprint density at radius 1 is 1.47 bits per heavy atom. The highest BCUT2D eigenvalue weighted by atomic mass is 79.9. The van der Waals surface area contributed by atoms with Gasteiger partial charge in [-0.3, -0.25) is 4.79 Å². The summed E-state index contributed by atoms with van der Waals surface area (Å²) in [6.45, 7) is 0. The van der Waals surface area contributed by atoms with Gasteiger partial charge >= 0.3 is 0 Å². The van der Waals surface area contributed by atoms with Crippen LogP contribution in [-0.4, -0.2) is 15.7 Å². The molecule has 0 aliphatic rings. The number of rotatable bonds is 2. The smallest absolute Gasteiger partial charge is 0.254 e. The van der Waals surface area contributed by atoms with E-state index in [-0.39, 0.29) is 11.4 Å². The van der Waals surface area contributed by atoms with E-state index in [0.717, 1.165) is 4.47 Å². The van der Waals surface area contributed by atoms with Gasteiger partial charge in [0.2, 0.25) is 0 Å². The van der Waals surface area contributed by atoms with E-state index >= 15 is 0 Å². The summed E-state index contributed by atoms with van der Waals surface area (Å²) in [6, 6.07) is 5.17. The van der Waals surface area contributed by atoms with Crippen molar-refractivity contribution < 1.29 is 4.79 Å². The maximum Gasteiger partial charge on any atom is 0.254 e. The summed E-state index contributed by atoms with van der Waals surface area (Å²) in [5, 5.41) is 4.55. The summed E-state index contributed by atoms with van der Waals surface area (Å²) < 4.78 is 2.16. The molecule has 0 fully saturated rings. The third-order valence-electron chi connectivity index (χ3n) is 2.21. The van der Waals surface area contributed by atoms with Crippen LogP contribution in [0.4, 0.5) is 5.82 Å². The van der Waals surface area contributed by atoms with Gasteiger partial charge in [0.05, 0.1) is 11.9 Å². The third kappa shape index (κ3) is 2.13. The molecular weight excluding hydrogens is 307 g/mol. The SMILES string of the molecule is NC(=O)c1cnn(-c2cc(Cl)ccc2Br)c1N. The molecule has 2 aromatic rings. The lowest BCUT2D eigenvalue weighted by molar-refractivity contribution is 0.100. The van der Waals surface area contributed by atoms with Crippen molar-refractivity contribution in [3.63, 3.8) is 0 Å². The van der Waals surface area contributed by atoms with E-state index in [4.69, 9.17) is 23.1 Å². The number of hydrogen-bond donors (Lipinski definition) is 2. The van der Waals surface area contributed by atoms with Gasteiger partial charge in [-0.2, -0.15) is 5.10 Å². The van der Waals surface area contributed by atoms with Gasteiger partial charge in [-0.15, -0.1) is 0 Å². The molecule has 0 unspecified atom stereocenters. The van der Waals surface area contributed by atoms with Crippen LogP contribution in [0.2, 0.25) is 5.02 Å². The molecule has 1 aromatic carbocycles. The van der Waals surface area contributed by atoms with Crippen LogP contribution in [0, 0.1) is 0 Å². The Labute approximate surface area is 110 Å². The Morgan fingerprint density at radius 3 is 2.76 bits per heavy atom. The largest absolute Gasteiger partial charge is 0.383 e. The molecule has 5 nitrogen and oxygen atoms in total. The number of hydrogen-bond acceptors (Lipinski definition) is 3. The molecule has 1 amide bonds. The number of nitrogens with two attached hydrogens (primary N) is 2. The lowest BCUT2D eigenvalue weighted by Crippen LogP contribution is -2.13. The fourth-order valence-corrected chi connectivity index (χ4v) is 1.97. The number of amides is 1. The van der Waals surface area contributed by atoms with Crippen LogP contribution in [0.5, 0.6) is 0 Å². The molecule has 0 spiro atoms. The molecule has 2 rings (SSSR count). The zero-order valence-corrected chi connectivity index (χ0v) is 10.9. The molecule has 0 aliphatic carbocycles. The fraction of sp³-hybridized carbons (Fsp3) is 0. The number of nitrogen functional groups attached to an aromatic ring is 1. The standard InChI is InChI=1S/C10H8BrClN4O/c11-7-2-1-5(12)3-8(7)16-9(13)6(4-15-16)10(14)17/h1-4H,13H2,(H2,14,17). The fourth-order valence-electron chi connectivity index (χ4n) is 1.39. The lowest BCUT2D eigenvalue weighted by Gasteiger charge is -2.07. The van der Waals surface area contributed by atoms with Crippen molar-refractivity contribution in [1.29, 1.82) is 0 Å². The van der Waals surface area contributed by atoms with Gasteiger partial charge in [-0.1, -0.05) is 11.6 Å². The van der Waals surface area contributed by atoms with Crippen LogP contribution in [0.1, 0.15) is 10.4 Å². The average Bonchev–Trinajstić information content (AvgIpc) is 2.64. The molecule has 17 heavy (non-hydrogen) atoms. The summed E-state index contributed by atoms with van der Waals surface area (Å²) in [5.41, 5.74) is 11.8. The Morgan fingerprint density at radius 2 is 2.18 bits per heavy atom. The van der Waals surface area contributed by atoms with Crippen LogP contribution >= 0.6 is 27.5 Å².